The average molecular weight is 352 g/mol. The minimum Gasteiger partial charge on any atom is -0.396 e. The number of carbonyl (C=O) groups excluding carboxylic acids is 1. The van der Waals surface area contributed by atoms with Crippen LogP contribution in [0.15, 0.2) is 0 Å². The predicted molar refractivity (Wildman–Crippen MR) is 100 cm³/mol. The van der Waals surface area contributed by atoms with Crippen LogP contribution in [0.4, 0.5) is 0 Å². The van der Waals surface area contributed by atoms with Gasteiger partial charge in [-0.1, -0.05) is 0 Å². The van der Waals surface area contributed by atoms with E-state index in [4.69, 9.17) is 0 Å². The molecule has 0 radical (unpaired) electrons. The van der Waals surface area contributed by atoms with Crippen molar-refractivity contribution in [3.8, 4) is 0 Å². The zero-order chi connectivity index (χ0) is 17.8. The van der Waals surface area contributed by atoms with E-state index in [1.54, 1.807) is 0 Å². The average Bonchev–Trinajstić information content (AvgIpc) is 3.41. The van der Waals surface area contributed by atoms with Crippen molar-refractivity contribution in [1.82, 2.24) is 14.7 Å². The van der Waals surface area contributed by atoms with Crippen LogP contribution in [0.2, 0.25) is 0 Å². The fourth-order valence-corrected chi connectivity index (χ4v) is 4.46. The first-order valence-corrected chi connectivity index (χ1v) is 10.4. The quantitative estimate of drug-likeness (QED) is 0.760. The number of piperazine rings is 1. The number of nitrogens with zero attached hydrogens (tertiary/aromatic N) is 3. The molecule has 0 aromatic rings. The van der Waals surface area contributed by atoms with Crippen molar-refractivity contribution in [3.05, 3.63) is 0 Å². The second-order valence-corrected chi connectivity index (χ2v) is 8.72. The van der Waals surface area contributed by atoms with Crippen LogP contribution in [0.25, 0.3) is 0 Å². The van der Waals surface area contributed by atoms with E-state index in [9.17, 15) is 9.90 Å². The van der Waals surface area contributed by atoms with Crippen LogP contribution in [0.3, 0.4) is 0 Å². The van der Waals surface area contributed by atoms with Crippen LogP contribution < -0.4 is 0 Å². The zero-order valence-electron chi connectivity index (χ0n) is 16.2. The van der Waals surface area contributed by atoms with Crippen LogP contribution in [-0.4, -0.2) is 83.7 Å². The van der Waals surface area contributed by atoms with E-state index in [2.05, 4.69) is 28.5 Å². The van der Waals surface area contributed by atoms with Crippen molar-refractivity contribution < 1.29 is 9.90 Å². The van der Waals surface area contributed by atoms with Crippen LogP contribution in [0.1, 0.15) is 52.4 Å². The van der Waals surface area contributed by atoms with Crippen LogP contribution >= 0.6 is 0 Å². The lowest BCUT2D eigenvalue weighted by atomic mass is 9.92. The second kappa shape index (κ2) is 8.83. The summed E-state index contributed by atoms with van der Waals surface area (Å²) in [7, 11) is 0. The molecule has 2 heterocycles. The van der Waals surface area contributed by atoms with E-state index in [0.717, 1.165) is 64.3 Å². The molecule has 0 spiro atoms. The van der Waals surface area contributed by atoms with Gasteiger partial charge in [-0.2, -0.15) is 0 Å². The minimum absolute atomic E-state index is 0.224. The molecule has 1 saturated carbocycles. The summed E-state index contributed by atoms with van der Waals surface area (Å²) in [5.74, 6) is 1.77. The zero-order valence-corrected chi connectivity index (χ0v) is 16.2. The number of aliphatic hydroxyl groups excluding tert-OH is 1. The molecule has 0 bridgehead atoms. The van der Waals surface area contributed by atoms with Crippen molar-refractivity contribution in [2.24, 2.45) is 11.8 Å². The molecule has 0 unspecified atom stereocenters. The third-order valence-electron chi connectivity index (χ3n) is 6.45. The summed E-state index contributed by atoms with van der Waals surface area (Å²) >= 11 is 0. The molecule has 5 nitrogen and oxygen atoms in total. The highest BCUT2D eigenvalue weighted by Crippen LogP contribution is 2.31. The maximum Gasteiger partial charge on any atom is 0.222 e. The number of likely N-dealkylation sites (tertiary alicyclic amines) is 1. The molecular formula is C20H37N3O2. The first-order valence-electron chi connectivity index (χ1n) is 10.4. The molecule has 2 saturated heterocycles. The molecule has 1 aliphatic carbocycles. The number of piperidine rings is 1. The fraction of sp³-hybridized carbons (Fsp3) is 0.950. The molecule has 0 aromatic carbocycles. The molecule has 5 heteroatoms. The molecule has 1 N–H and O–H groups in total. The minimum atomic E-state index is 0.224. The number of hydrogen-bond donors (Lipinski definition) is 1. The third-order valence-corrected chi connectivity index (χ3v) is 6.45. The number of rotatable bonds is 7. The normalized spacial score (nSPS) is 27.2. The molecular weight excluding hydrogens is 314 g/mol. The number of aliphatic hydroxyl groups is 1. The Morgan fingerprint density at radius 1 is 1.04 bits per heavy atom. The van der Waals surface area contributed by atoms with Gasteiger partial charge in [0.15, 0.2) is 0 Å². The van der Waals surface area contributed by atoms with Crippen LogP contribution in [-0.2, 0) is 4.79 Å². The SMILES string of the molecule is CC(C)N1CCC(CC(=O)N2CCN(CC3CC3)[C@H](CCO)C2)CC1. The Balaban J connectivity index is 1.45. The highest BCUT2D eigenvalue weighted by molar-refractivity contribution is 5.76. The van der Waals surface area contributed by atoms with Gasteiger partial charge in [-0.15, -0.1) is 0 Å². The molecule has 144 valence electrons. The maximum absolute atomic E-state index is 12.8. The van der Waals surface area contributed by atoms with E-state index < -0.39 is 0 Å². The molecule has 0 aromatic heterocycles. The Hall–Kier alpha value is -0.650. The van der Waals surface area contributed by atoms with Crippen LogP contribution in [0, 0.1) is 11.8 Å². The van der Waals surface area contributed by atoms with E-state index in [0.29, 0.717) is 23.9 Å². The summed E-state index contributed by atoms with van der Waals surface area (Å²) in [4.78, 5) is 19.9. The lowest BCUT2D eigenvalue weighted by Gasteiger charge is -2.42. The standard InChI is InChI=1S/C20H37N3O2/c1-16(2)21-8-5-17(6-9-21)13-20(25)23-11-10-22(14-18-3-4-18)19(15-23)7-12-24/h16-19,24H,3-15H2,1-2H3/t19-/m1/s1. The lowest BCUT2D eigenvalue weighted by Crippen LogP contribution is -2.55. The predicted octanol–water partition coefficient (Wildman–Crippen LogP) is 1.80. The Morgan fingerprint density at radius 3 is 2.36 bits per heavy atom. The Bertz CT molecular complexity index is 431. The molecule has 3 rings (SSSR count). The van der Waals surface area contributed by atoms with Gasteiger partial charge in [-0.3, -0.25) is 9.69 Å². The maximum atomic E-state index is 12.8. The number of amides is 1. The summed E-state index contributed by atoms with van der Waals surface area (Å²) in [6.45, 7) is 10.9. The molecule has 1 amide bonds. The van der Waals surface area contributed by atoms with E-state index >= 15 is 0 Å². The number of carbonyl (C=O) groups is 1. The topological polar surface area (TPSA) is 47.0 Å². The summed E-state index contributed by atoms with van der Waals surface area (Å²) < 4.78 is 0. The first kappa shape index (κ1) is 19.1. The second-order valence-electron chi connectivity index (χ2n) is 8.72. The van der Waals surface area contributed by atoms with Gasteiger partial charge in [0.05, 0.1) is 0 Å². The van der Waals surface area contributed by atoms with Gasteiger partial charge in [0.1, 0.15) is 0 Å². The molecule has 1 atom stereocenters. The third kappa shape index (κ3) is 5.41. The van der Waals surface area contributed by atoms with Crippen molar-refractivity contribution in [1.29, 1.82) is 0 Å². The van der Waals surface area contributed by atoms with Gasteiger partial charge in [-0.25, -0.2) is 0 Å². The van der Waals surface area contributed by atoms with Gasteiger partial charge >= 0.3 is 0 Å². The first-order chi connectivity index (χ1) is 12.1. The Labute approximate surface area is 153 Å². The lowest BCUT2D eigenvalue weighted by molar-refractivity contribution is -0.136. The van der Waals surface area contributed by atoms with Crippen molar-refractivity contribution in [3.63, 3.8) is 0 Å². The van der Waals surface area contributed by atoms with Crippen molar-refractivity contribution in [2.75, 3.05) is 45.9 Å². The summed E-state index contributed by atoms with van der Waals surface area (Å²) in [5.41, 5.74) is 0. The van der Waals surface area contributed by atoms with Crippen molar-refractivity contribution >= 4 is 5.91 Å². The number of hydrogen-bond acceptors (Lipinski definition) is 4. The molecule has 3 aliphatic rings. The van der Waals surface area contributed by atoms with E-state index in [1.165, 1.54) is 19.4 Å². The highest BCUT2D eigenvalue weighted by Gasteiger charge is 2.34. The van der Waals surface area contributed by atoms with Crippen LogP contribution in [0.5, 0.6) is 0 Å². The Morgan fingerprint density at radius 2 is 1.76 bits per heavy atom. The molecule has 2 aliphatic heterocycles. The smallest absolute Gasteiger partial charge is 0.222 e. The molecule has 3 fully saturated rings. The summed E-state index contributed by atoms with van der Waals surface area (Å²) in [6, 6.07) is 0.974. The van der Waals surface area contributed by atoms with Gasteiger partial charge in [0.2, 0.25) is 5.91 Å². The fourth-order valence-electron chi connectivity index (χ4n) is 4.46. The monoisotopic (exact) mass is 351 g/mol. The van der Waals surface area contributed by atoms with E-state index in [-0.39, 0.29) is 6.61 Å². The van der Waals surface area contributed by atoms with E-state index in [1.807, 2.05) is 0 Å². The summed E-state index contributed by atoms with van der Waals surface area (Å²) in [5, 5.41) is 9.41. The van der Waals surface area contributed by atoms with Gasteiger partial charge in [0.25, 0.3) is 0 Å². The Kier molecular flexibility index (Phi) is 6.75. The van der Waals surface area contributed by atoms with Gasteiger partial charge < -0.3 is 14.9 Å². The van der Waals surface area contributed by atoms with Gasteiger partial charge in [0, 0.05) is 51.3 Å². The largest absolute Gasteiger partial charge is 0.396 e. The highest BCUT2D eigenvalue weighted by atomic mass is 16.3. The summed E-state index contributed by atoms with van der Waals surface area (Å²) in [6.07, 6.45) is 6.56. The van der Waals surface area contributed by atoms with Gasteiger partial charge in [-0.05, 0) is 70.9 Å². The molecule has 25 heavy (non-hydrogen) atoms. The van der Waals surface area contributed by atoms with Crippen molar-refractivity contribution in [2.45, 2.75) is 64.5 Å².